The summed E-state index contributed by atoms with van der Waals surface area (Å²) in [6, 6.07) is 6.25. The lowest BCUT2D eigenvalue weighted by Crippen LogP contribution is -2.07. The Morgan fingerprint density at radius 2 is 2.00 bits per heavy atom. The van der Waals surface area contributed by atoms with E-state index >= 15 is 0 Å². The van der Waals surface area contributed by atoms with Gasteiger partial charge in [-0.25, -0.2) is 14.4 Å². The summed E-state index contributed by atoms with van der Waals surface area (Å²) in [5.74, 6) is 0.228. The largest absolute Gasteiger partial charge is 0.325 e. The molecule has 0 bridgehead atoms. The minimum absolute atomic E-state index is 0.293. The smallest absolute Gasteiger partial charge is 0.159 e. The van der Waals surface area contributed by atoms with E-state index in [2.05, 4.69) is 9.97 Å². The van der Waals surface area contributed by atoms with Crippen molar-refractivity contribution in [2.24, 2.45) is 5.73 Å². The molecular formula is C13H14FN3. The molecule has 0 aliphatic rings. The van der Waals surface area contributed by atoms with E-state index in [-0.39, 0.29) is 5.82 Å². The van der Waals surface area contributed by atoms with Gasteiger partial charge in [0.15, 0.2) is 5.82 Å². The SMILES string of the molecule is Cc1nc(-c2cccc(F)c2)nc(CN)c1C. The Morgan fingerprint density at radius 3 is 2.65 bits per heavy atom. The van der Waals surface area contributed by atoms with Crippen molar-refractivity contribution in [2.75, 3.05) is 0 Å². The number of nitrogens with zero attached hydrogens (tertiary/aromatic N) is 2. The van der Waals surface area contributed by atoms with Crippen LogP contribution in [0.15, 0.2) is 24.3 Å². The Morgan fingerprint density at radius 1 is 1.24 bits per heavy atom. The molecule has 0 aliphatic carbocycles. The fourth-order valence-corrected chi connectivity index (χ4v) is 1.64. The number of aromatic nitrogens is 2. The van der Waals surface area contributed by atoms with Gasteiger partial charge in [-0.1, -0.05) is 12.1 Å². The maximum atomic E-state index is 13.1. The highest BCUT2D eigenvalue weighted by atomic mass is 19.1. The van der Waals surface area contributed by atoms with Gasteiger partial charge in [-0.05, 0) is 31.5 Å². The number of halogens is 1. The number of hydrogen-bond donors (Lipinski definition) is 1. The second-order valence-electron chi connectivity index (χ2n) is 3.92. The van der Waals surface area contributed by atoms with Crippen LogP contribution in [0.4, 0.5) is 4.39 Å². The zero-order valence-corrected chi connectivity index (χ0v) is 9.87. The molecule has 3 nitrogen and oxygen atoms in total. The third-order valence-electron chi connectivity index (χ3n) is 2.77. The zero-order valence-electron chi connectivity index (χ0n) is 9.87. The zero-order chi connectivity index (χ0) is 12.4. The van der Waals surface area contributed by atoms with Gasteiger partial charge in [0.25, 0.3) is 0 Å². The van der Waals surface area contributed by atoms with Crippen molar-refractivity contribution in [1.29, 1.82) is 0 Å². The van der Waals surface area contributed by atoms with Gasteiger partial charge < -0.3 is 5.73 Å². The van der Waals surface area contributed by atoms with Crippen LogP contribution in [-0.4, -0.2) is 9.97 Å². The first-order valence-corrected chi connectivity index (χ1v) is 5.42. The lowest BCUT2D eigenvalue weighted by molar-refractivity contribution is 0.628. The molecule has 88 valence electrons. The topological polar surface area (TPSA) is 51.8 Å². The van der Waals surface area contributed by atoms with Crippen LogP contribution in [0, 0.1) is 19.7 Å². The molecule has 0 radical (unpaired) electrons. The number of aryl methyl sites for hydroxylation is 1. The van der Waals surface area contributed by atoms with Gasteiger partial charge in [-0.15, -0.1) is 0 Å². The van der Waals surface area contributed by atoms with E-state index < -0.39 is 0 Å². The van der Waals surface area contributed by atoms with Gasteiger partial charge in [0.2, 0.25) is 0 Å². The highest BCUT2D eigenvalue weighted by molar-refractivity contribution is 5.55. The van der Waals surface area contributed by atoms with Crippen molar-refractivity contribution in [2.45, 2.75) is 20.4 Å². The molecule has 1 heterocycles. The van der Waals surface area contributed by atoms with Gasteiger partial charge in [-0.2, -0.15) is 0 Å². The fraction of sp³-hybridized carbons (Fsp3) is 0.231. The maximum Gasteiger partial charge on any atom is 0.159 e. The van der Waals surface area contributed by atoms with Crippen molar-refractivity contribution in [3.63, 3.8) is 0 Å². The minimum Gasteiger partial charge on any atom is -0.325 e. The van der Waals surface area contributed by atoms with Crippen molar-refractivity contribution in [3.05, 3.63) is 47.0 Å². The average Bonchev–Trinajstić information content (AvgIpc) is 2.32. The van der Waals surface area contributed by atoms with Gasteiger partial charge in [0, 0.05) is 17.8 Å². The highest BCUT2D eigenvalue weighted by Gasteiger charge is 2.08. The highest BCUT2D eigenvalue weighted by Crippen LogP contribution is 2.19. The first-order valence-electron chi connectivity index (χ1n) is 5.42. The molecule has 17 heavy (non-hydrogen) atoms. The standard InChI is InChI=1S/C13H14FN3/c1-8-9(2)16-13(17-12(8)7-15)10-4-3-5-11(14)6-10/h3-6H,7,15H2,1-2H3. The summed E-state index contributed by atoms with van der Waals surface area (Å²) in [5.41, 5.74) is 8.97. The summed E-state index contributed by atoms with van der Waals surface area (Å²) in [7, 11) is 0. The molecule has 0 saturated heterocycles. The first-order chi connectivity index (χ1) is 8.11. The molecule has 0 amide bonds. The average molecular weight is 231 g/mol. The summed E-state index contributed by atoms with van der Waals surface area (Å²) in [6.07, 6.45) is 0. The van der Waals surface area contributed by atoms with E-state index in [1.165, 1.54) is 12.1 Å². The Labute approximate surface area is 99.5 Å². The predicted octanol–water partition coefficient (Wildman–Crippen LogP) is 2.36. The Bertz CT molecular complexity index is 552. The molecule has 0 saturated carbocycles. The van der Waals surface area contributed by atoms with E-state index in [1.807, 2.05) is 13.8 Å². The lowest BCUT2D eigenvalue weighted by atomic mass is 10.1. The molecule has 0 unspecified atom stereocenters. The van der Waals surface area contributed by atoms with Crippen LogP contribution in [0.2, 0.25) is 0 Å². The van der Waals surface area contributed by atoms with E-state index in [9.17, 15) is 4.39 Å². The predicted molar refractivity (Wildman–Crippen MR) is 64.8 cm³/mol. The quantitative estimate of drug-likeness (QED) is 0.863. The van der Waals surface area contributed by atoms with Crippen molar-refractivity contribution in [1.82, 2.24) is 9.97 Å². The molecule has 0 spiro atoms. The first kappa shape index (κ1) is 11.7. The normalized spacial score (nSPS) is 10.6. The molecule has 4 heteroatoms. The minimum atomic E-state index is -0.293. The molecule has 0 aliphatic heterocycles. The number of hydrogen-bond acceptors (Lipinski definition) is 3. The fourth-order valence-electron chi connectivity index (χ4n) is 1.64. The summed E-state index contributed by atoms with van der Waals surface area (Å²) >= 11 is 0. The van der Waals surface area contributed by atoms with Gasteiger partial charge in [0.05, 0.1) is 5.69 Å². The molecule has 0 atom stereocenters. The third kappa shape index (κ3) is 2.31. The molecule has 2 N–H and O–H groups in total. The van der Waals surface area contributed by atoms with Crippen LogP contribution in [-0.2, 0) is 6.54 Å². The number of benzene rings is 1. The van der Waals surface area contributed by atoms with Gasteiger partial charge >= 0.3 is 0 Å². The Kier molecular flexibility index (Phi) is 3.15. The van der Waals surface area contributed by atoms with E-state index in [0.29, 0.717) is 17.9 Å². The summed E-state index contributed by atoms with van der Waals surface area (Å²) in [6.45, 7) is 4.20. The van der Waals surface area contributed by atoms with E-state index in [4.69, 9.17) is 5.73 Å². The molecule has 0 fully saturated rings. The molecule has 1 aromatic carbocycles. The number of nitrogens with two attached hydrogens (primary N) is 1. The monoisotopic (exact) mass is 231 g/mol. The van der Waals surface area contributed by atoms with Crippen LogP contribution < -0.4 is 5.73 Å². The van der Waals surface area contributed by atoms with E-state index in [1.54, 1.807) is 12.1 Å². The second-order valence-corrected chi connectivity index (χ2v) is 3.92. The van der Waals surface area contributed by atoms with E-state index in [0.717, 1.165) is 17.0 Å². The van der Waals surface area contributed by atoms with Crippen LogP contribution in [0.1, 0.15) is 17.0 Å². The van der Waals surface area contributed by atoms with Crippen molar-refractivity contribution >= 4 is 0 Å². The Balaban J connectivity index is 2.56. The molecule has 2 rings (SSSR count). The van der Waals surface area contributed by atoms with Crippen molar-refractivity contribution < 1.29 is 4.39 Å². The number of rotatable bonds is 2. The Hall–Kier alpha value is -1.81. The maximum absolute atomic E-state index is 13.1. The van der Waals surface area contributed by atoms with Crippen LogP contribution >= 0.6 is 0 Å². The molecule has 1 aromatic heterocycles. The van der Waals surface area contributed by atoms with Gasteiger partial charge in [-0.3, -0.25) is 0 Å². The second kappa shape index (κ2) is 4.59. The van der Waals surface area contributed by atoms with Crippen molar-refractivity contribution in [3.8, 4) is 11.4 Å². The summed E-state index contributed by atoms with van der Waals surface area (Å²) in [5, 5.41) is 0. The molecule has 2 aromatic rings. The lowest BCUT2D eigenvalue weighted by Gasteiger charge is -2.08. The van der Waals surface area contributed by atoms with Crippen LogP contribution in [0.25, 0.3) is 11.4 Å². The summed E-state index contributed by atoms with van der Waals surface area (Å²) in [4.78, 5) is 8.72. The van der Waals surface area contributed by atoms with Crippen LogP contribution in [0.5, 0.6) is 0 Å². The summed E-state index contributed by atoms with van der Waals surface area (Å²) < 4.78 is 13.1. The van der Waals surface area contributed by atoms with Crippen LogP contribution in [0.3, 0.4) is 0 Å². The molecular weight excluding hydrogens is 217 g/mol. The third-order valence-corrected chi connectivity index (χ3v) is 2.77. The van der Waals surface area contributed by atoms with Gasteiger partial charge in [0.1, 0.15) is 5.82 Å².